The molecule has 1 nitrogen and oxygen atoms in total. The molecule has 0 aliphatic heterocycles. The van der Waals surface area contributed by atoms with E-state index in [9.17, 15) is 0 Å². The molecule has 0 bridgehead atoms. The molecule has 74 valence electrons. The second-order valence-corrected chi connectivity index (χ2v) is 3.35. The van der Waals surface area contributed by atoms with Crippen molar-refractivity contribution in [2.24, 2.45) is 5.92 Å². The highest BCUT2D eigenvalue weighted by molar-refractivity contribution is 4.69. The lowest BCUT2D eigenvalue weighted by Crippen LogP contribution is -2.21. The molecule has 1 fully saturated rings. The summed E-state index contributed by atoms with van der Waals surface area (Å²) < 4.78 is 5.55. The molecular formula is C11H24O. The van der Waals surface area contributed by atoms with Crippen molar-refractivity contribution in [3.63, 3.8) is 0 Å². The van der Waals surface area contributed by atoms with Crippen molar-refractivity contribution in [1.29, 1.82) is 0 Å². The molecule has 1 saturated carbocycles. The van der Waals surface area contributed by atoms with Crippen LogP contribution in [0.25, 0.3) is 0 Å². The van der Waals surface area contributed by atoms with E-state index in [2.05, 4.69) is 13.8 Å². The molecule has 1 heteroatoms. The van der Waals surface area contributed by atoms with Crippen LogP contribution in [-0.4, -0.2) is 12.7 Å². The molecule has 1 aliphatic carbocycles. The molecule has 2 atom stereocenters. The highest BCUT2D eigenvalue weighted by Gasteiger charge is 2.18. The molecule has 0 N–H and O–H groups in total. The fraction of sp³-hybridized carbons (Fsp3) is 1.00. The van der Waals surface area contributed by atoms with Gasteiger partial charge in [-0.2, -0.15) is 0 Å². The lowest BCUT2D eigenvalue weighted by atomic mass is 9.89. The summed E-state index contributed by atoms with van der Waals surface area (Å²) in [5, 5.41) is 0. The fourth-order valence-corrected chi connectivity index (χ4v) is 1.77. The van der Waals surface area contributed by atoms with E-state index in [0.717, 1.165) is 12.5 Å². The predicted molar refractivity (Wildman–Crippen MR) is 54.4 cm³/mol. The van der Waals surface area contributed by atoms with Crippen LogP contribution in [0.1, 0.15) is 53.4 Å². The minimum absolute atomic E-state index is 0.578. The van der Waals surface area contributed by atoms with Gasteiger partial charge in [-0.05, 0) is 25.7 Å². The van der Waals surface area contributed by atoms with Gasteiger partial charge in [-0.3, -0.25) is 0 Å². The van der Waals surface area contributed by atoms with Crippen molar-refractivity contribution in [3.8, 4) is 0 Å². The van der Waals surface area contributed by atoms with Crippen LogP contribution >= 0.6 is 0 Å². The number of hydrogen-bond donors (Lipinski definition) is 0. The van der Waals surface area contributed by atoms with Crippen molar-refractivity contribution in [1.82, 2.24) is 0 Å². The summed E-state index contributed by atoms with van der Waals surface area (Å²) in [6.07, 6.45) is 5.93. The first kappa shape index (κ1) is 12.0. The minimum atomic E-state index is 0.578. The Morgan fingerprint density at radius 2 is 1.92 bits per heavy atom. The molecule has 0 amide bonds. The SMILES string of the molecule is CC.CCOC1CCCC(C)C1. The smallest absolute Gasteiger partial charge is 0.0577 e. The first-order chi connectivity index (χ1) is 5.83. The predicted octanol–water partition coefficient (Wildman–Crippen LogP) is 3.63. The summed E-state index contributed by atoms with van der Waals surface area (Å²) >= 11 is 0. The van der Waals surface area contributed by atoms with Gasteiger partial charge in [0, 0.05) is 6.61 Å². The Hall–Kier alpha value is -0.0400. The van der Waals surface area contributed by atoms with E-state index in [0.29, 0.717) is 6.10 Å². The van der Waals surface area contributed by atoms with Crippen molar-refractivity contribution < 1.29 is 4.74 Å². The fourth-order valence-electron chi connectivity index (χ4n) is 1.77. The van der Waals surface area contributed by atoms with Crippen molar-refractivity contribution in [2.75, 3.05) is 6.61 Å². The van der Waals surface area contributed by atoms with Crippen LogP contribution in [0, 0.1) is 5.92 Å². The Balaban J connectivity index is 0.000000561. The molecule has 1 rings (SSSR count). The van der Waals surface area contributed by atoms with E-state index in [4.69, 9.17) is 4.74 Å². The Kier molecular flexibility index (Phi) is 7.58. The van der Waals surface area contributed by atoms with Crippen LogP contribution in [0.4, 0.5) is 0 Å². The molecule has 0 aromatic rings. The van der Waals surface area contributed by atoms with E-state index in [1.54, 1.807) is 0 Å². The molecule has 0 heterocycles. The van der Waals surface area contributed by atoms with Gasteiger partial charge in [0.05, 0.1) is 6.10 Å². The van der Waals surface area contributed by atoms with E-state index in [-0.39, 0.29) is 0 Å². The molecule has 12 heavy (non-hydrogen) atoms. The summed E-state index contributed by atoms with van der Waals surface area (Å²) in [5.74, 6) is 0.894. The van der Waals surface area contributed by atoms with Crippen LogP contribution in [0.2, 0.25) is 0 Å². The Labute approximate surface area is 77.5 Å². The molecule has 0 spiro atoms. The van der Waals surface area contributed by atoms with Gasteiger partial charge in [0.15, 0.2) is 0 Å². The maximum Gasteiger partial charge on any atom is 0.0577 e. The monoisotopic (exact) mass is 172 g/mol. The molecule has 1 aliphatic rings. The van der Waals surface area contributed by atoms with Gasteiger partial charge in [0.2, 0.25) is 0 Å². The zero-order chi connectivity index (χ0) is 9.40. The van der Waals surface area contributed by atoms with Crippen molar-refractivity contribution >= 4 is 0 Å². The summed E-state index contributed by atoms with van der Waals surface area (Å²) in [5.41, 5.74) is 0. The molecule has 2 unspecified atom stereocenters. The summed E-state index contributed by atoms with van der Waals surface area (Å²) in [6, 6.07) is 0. The molecule has 0 radical (unpaired) electrons. The Morgan fingerprint density at radius 1 is 1.25 bits per heavy atom. The second kappa shape index (κ2) is 7.60. The second-order valence-electron chi connectivity index (χ2n) is 3.35. The lowest BCUT2D eigenvalue weighted by Gasteiger charge is -2.26. The first-order valence-electron chi connectivity index (χ1n) is 5.44. The zero-order valence-electron chi connectivity index (χ0n) is 9.10. The topological polar surface area (TPSA) is 9.23 Å². The highest BCUT2D eigenvalue weighted by atomic mass is 16.5. The van der Waals surface area contributed by atoms with Crippen LogP contribution in [-0.2, 0) is 4.74 Å². The van der Waals surface area contributed by atoms with Gasteiger partial charge in [-0.25, -0.2) is 0 Å². The molecule has 0 aromatic heterocycles. The first-order valence-corrected chi connectivity index (χ1v) is 5.44. The largest absolute Gasteiger partial charge is 0.378 e. The molecular weight excluding hydrogens is 148 g/mol. The minimum Gasteiger partial charge on any atom is -0.378 e. The standard InChI is InChI=1S/C9H18O.C2H6/c1-3-10-9-6-4-5-8(2)7-9;1-2/h8-9H,3-7H2,1-2H3;1-2H3. The number of rotatable bonds is 2. The third kappa shape index (κ3) is 4.76. The van der Waals surface area contributed by atoms with Crippen LogP contribution in [0.15, 0.2) is 0 Å². The van der Waals surface area contributed by atoms with Gasteiger partial charge >= 0.3 is 0 Å². The van der Waals surface area contributed by atoms with Crippen molar-refractivity contribution in [2.45, 2.75) is 59.5 Å². The van der Waals surface area contributed by atoms with Crippen LogP contribution in [0.5, 0.6) is 0 Å². The molecule has 0 aromatic carbocycles. The van der Waals surface area contributed by atoms with E-state index in [1.165, 1.54) is 25.7 Å². The van der Waals surface area contributed by atoms with E-state index in [1.807, 2.05) is 13.8 Å². The number of ether oxygens (including phenoxy) is 1. The van der Waals surface area contributed by atoms with Gasteiger partial charge in [-0.15, -0.1) is 0 Å². The lowest BCUT2D eigenvalue weighted by molar-refractivity contribution is 0.0232. The van der Waals surface area contributed by atoms with Crippen LogP contribution in [0.3, 0.4) is 0 Å². The van der Waals surface area contributed by atoms with E-state index >= 15 is 0 Å². The third-order valence-corrected chi connectivity index (χ3v) is 2.29. The van der Waals surface area contributed by atoms with Gasteiger partial charge < -0.3 is 4.74 Å². The summed E-state index contributed by atoms with van der Waals surface area (Å²) in [7, 11) is 0. The summed E-state index contributed by atoms with van der Waals surface area (Å²) in [4.78, 5) is 0. The maximum atomic E-state index is 5.55. The Bertz CT molecular complexity index is 89.0. The van der Waals surface area contributed by atoms with Crippen molar-refractivity contribution in [3.05, 3.63) is 0 Å². The van der Waals surface area contributed by atoms with Gasteiger partial charge in [0.1, 0.15) is 0 Å². The average Bonchev–Trinajstić information content (AvgIpc) is 2.09. The average molecular weight is 172 g/mol. The molecule has 0 saturated heterocycles. The third-order valence-electron chi connectivity index (χ3n) is 2.29. The van der Waals surface area contributed by atoms with Gasteiger partial charge in [-0.1, -0.05) is 33.6 Å². The van der Waals surface area contributed by atoms with Crippen LogP contribution < -0.4 is 0 Å². The Morgan fingerprint density at radius 3 is 2.42 bits per heavy atom. The van der Waals surface area contributed by atoms with E-state index < -0.39 is 0 Å². The van der Waals surface area contributed by atoms with Gasteiger partial charge in [0.25, 0.3) is 0 Å². The highest BCUT2D eigenvalue weighted by Crippen LogP contribution is 2.25. The zero-order valence-corrected chi connectivity index (χ0v) is 9.10. The maximum absolute atomic E-state index is 5.55. The number of hydrogen-bond acceptors (Lipinski definition) is 1. The summed E-state index contributed by atoms with van der Waals surface area (Å²) in [6.45, 7) is 9.29. The normalized spacial score (nSPS) is 29.0. The quantitative estimate of drug-likeness (QED) is 0.618.